The molecule has 2 aromatic carbocycles. The van der Waals surface area contributed by atoms with Crippen molar-refractivity contribution < 1.29 is 9.53 Å². The summed E-state index contributed by atoms with van der Waals surface area (Å²) >= 11 is 6.02. The number of benzene rings is 2. The third kappa shape index (κ3) is 4.31. The number of ether oxygens (including phenoxy) is 1. The normalized spacial score (nSPS) is 15.0. The molecule has 146 valence electrons. The third-order valence-electron chi connectivity index (χ3n) is 5.41. The van der Waals surface area contributed by atoms with Crippen molar-refractivity contribution in [3.63, 3.8) is 0 Å². The predicted octanol–water partition coefficient (Wildman–Crippen LogP) is 5.84. The molecule has 0 radical (unpaired) electrons. The molecule has 1 fully saturated rings. The van der Waals surface area contributed by atoms with Gasteiger partial charge < -0.3 is 10.1 Å². The van der Waals surface area contributed by atoms with Crippen LogP contribution in [-0.4, -0.2) is 12.5 Å². The lowest BCUT2D eigenvalue weighted by Gasteiger charge is -2.28. The lowest BCUT2D eigenvalue weighted by atomic mass is 9.78. The topological polar surface area (TPSA) is 62.1 Å². The quantitative estimate of drug-likeness (QED) is 0.598. The van der Waals surface area contributed by atoms with Gasteiger partial charge in [0.15, 0.2) is 0 Å². The molecular formula is C23H25ClN2O2. The van der Waals surface area contributed by atoms with E-state index in [9.17, 15) is 10.1 Å². The number of carbonyl (C=O) groups excluding carboxylic acids is 1. The Morgan fingerprint density at radius 2 is 1.93 bits per heavy atom. The van der Waals surface area contributed by atoms with Gasteiger partial charge in [0.2, 0.25) is 5.91 Å². The number of halogens is 1. The lowest BCUT2D eigenvalue weighted by Crippen LogP contribution is -2.38. The van der Waals surface area contributed by atoms with Crippen LogP contribution >= 0.6 is 11.6 Å². The molecule has 1 amide bonds. The van der Waals surface area contributed by atoms with E-state index >= 15 is 0 Å². The van der Waals surface area contributed by atoms with Crippen LogP contribution in [0.1, 0.15) is 56.6 Å². The van der Waals surface area contributed by atoms with E-state index < -0.39 is 5.41 Å². The van der Waals surface area contributed by atoms with Gasteiger partial charge in [0.1, 0.15) is 11.8 Å². The maximum absolute atomic E-state index is 13.3. The maximum Gasteiger partial charge on any atom is 0.235 e. The molecule has 0 heterocycles. The van der Waals surface area contributed by atoms with Crippen LogP contribution in [0.4, 0.5) is 5.69 Å². The highest BCUT2D eigenvalue weighted by molar-refractivity contribution is 6.30. The Morgan fingerprint density at radius 1 is 1.21 bits per heavy atom. The number of rotatable bonds is 7. The van der Waals surface area contributed by atoms with Gasteiger partial charge in [0, 0.05) is 5.02 Å². The van der Waals surface area contributed by atoms with E-state index in [1.54, 1.807) is 18.2 Å². The molecule has 1 aliphatic carbocycles. The fourth-order valence-corrected chi connectivity index (χ4v) is 3.91. The summed E-state index contributed by atoms with van der Waals surface area (Å²) in [6.45, 7) is 2.72. The highest BCUT2D eigenvalue weighted by atomic mass is 35.5. The van der Waals surface area contributed by atoms with Crippen LogP contribution in [0.5, 0.6) is 5.75 Å². The molecule has 1 N–H and O–H groups in total. The molecule has 3 rings (SSSR count). The fraction of sp³-hybridized carbons (Fsp3) is 0.391. The molecule has 1 saturated carbocycles. The molecule has 2 aromatic rings. The van der Waals surface area contributed by atoms with Crippen molar-refractivity contribution >= 4 is 23.2 Å². The Labute approximate surface area is 171 Å². The Morgan fingerprint density at radius 3 is 2.57 bits per heavy atom. The van der Waals surface area contributed by atoms with E-state index in [2.05, 4.69) is 18.3 Å². The number of nitriles is 1. The van der Waals surface area contributed by atoms with Crippen LogP contribution in [0.15, 0.2) is 42.5 Å². The van der Waals surface area contributed by atoms with Gasteiger partial charge in [-0.05, 0) is 55.2 Å². The summed E-state index contributed by atoms with van der Waals surface area (Å²) in [6.07, 6.45) is 5.61. The molecule has 5 heteroatoms. The monoisotopic (exact) mass is 396 g/mol. The Hall–Kier alpha value is -2.51. The predicted molar refractivity (Wildman–Crippen MR) is 112 cm³/mol. The molecule has 0 bridgehead atoms. The minimum atomic E-state index is -0.576. The van der Waals surface area contributed by atoms with Crippen molar-refractivity contribution in [2.75, 3.05) is 11.9 Å². The smallest absolute Gasteiger partial charge is 0.235 e. The van der Waals surface area contributed by atoms with Gasteiger partial charge in [-0.15, -0.1) is 0 Å². The van der Waals surface area contributed by atoms with E-state index in [1.165, 1.54) is 0 Å². The summed E-state index contributed by atoms with van der Waals surface area (Å²) in [4.78, 5) is 13.3. The van der Waals surface area contributed by atoms with E-state index in [1.807, 2.05) is 24.3 Å². The number of hydrogen-bond acceptors (Lipinski definition) is 3. The van der Waals surface area contributed by atoms with Gasteiger partial charge in [-0.2, -0.15) is 5.26 Å². The van der Waals surface area contributed by atoms with Crippen LogP contribution in [0, 0.1) is 11.3 Å². The number of amides is 1. The van der Waals surface area contributed by atoms with Gasteiger partial charge >= 0.3 is 0 Å². The van der Waals surface area contributed by atoms with Crippen molar-refractivity contribution in [1.82, 2.24) is 0 Å². The number of anilines is 1. The second-order valence-electron chi connectivity index (χ2n) is 7.27. The molecule has 0 aliphatic heterocycles. The summed E-state index contributed by atoms with van der Waals surface area (Å²) in [5.74, 6) is 0.583. The first-order valence-electron chi connectivity index (χ1n) is 9.83. The Kier molecular flexibility index (Phi) is 6.59. The summed E-state index contributed by atoms with van der Waals surface area (Å²) in [7, 11) is 0. The lowest BCUT2D eigenvalue weighted by molar-refractivity contribution is -0.121. The first kappa shape index (κ1) is 20.2. The third-order valence-corrected chi connectivity index (χ3v) is 5.67. The molecule has 0 aromatic heterocycles. The van der Waals surface area contributed by atoms with Gasteiger partial charge in [-0.3, -0.25) is 4.79 Å². The zero-order valence-electron chi connectivity index (χ0n) is 16.1. The molecular weight excluding hydrogens is 372 g/mol. The summed E-state index contributed by atoms with van der Waals surface area (Å²) in [6, 6.07) is 14.9. The number of nitrogens with one attached hydrogen (secondary N) is 1. The van der Waals surface area contributed by atoms with Gasteiger partial charge in [-0.1, -0.05) is 49.9 Å². The Balaban J connectivity index is 1.82. The SMILES string of the molecule is CCCCOc1ccc(NC(=O)C2(c3ccc(Cl)cc3)CCCC2)c(C#N)c1. The molecule has 28 heavy (non-hydrogen) atoms. The second-order valence-corrected chi connectivity index (χ2v) is 7.71. The molecule has 4 nitrogen and oxygen atoms in total. The summed E-state index contributed by atoms with van der Waals surface area (Å²) < 4.78 is 5.67. The molecule has 1 aliphatic rings. The first-order chi connectivity index (χ1) is 13.6. The van der Waals surface area contributed by atoms with Crippen molar-refractivity contribution in [2.45, 2.75) is 50.9 Å². The van der Waals surface area contributed by atoms with Crippen LogP contribution in [0.25, 0.3) is 0 Å². The van der Waals surface area contributed by atoms with E-state index in [0.717, 1.165) is 44.1 Å². The Bertz CT molecular complexity index is 865. The fourth-order valence-electron chi connectivity index (χ4n) is 3.79. The number of carbonyl (C=O) groups is 1. The summed E-state index contributed by atoms with van der Waals surface area (Å²) in [5, 5.41) is 13.2. The van der Waals surface area contributed by atoms with Crippen LogP contribution in [0.2, 0.25) is 5.02 Å². The van der Waals surface area contributed by atoms with E-state index in [-0.39, 0.29) is 5.91 Å². The van der Waals surface area contributed by atoms with Crippen molar-refractivity contribution in [3.05, 3.63) is 58.6 Å². The molecule has 0 spiro atoms. The second kappa shape index (κ2) is 9.12. The van der Waals surface area contributed by atoms with Gasteiger partial charge in [-0.25, -0.2) is 0 Å². The van der Waals surface area contributed by atoms with E-state index in [0.29, 0.717) is 28.6 Å². The van der Waals surface area contributed by atoms with Crippen LogP contribution < -0.4 is 10.1 Å². The van der Waals surface area contributed by atoms with Crippen molar-refractivity contribution in [3.8, 4) is 11.8 Å². The van der Waals surface area contributed by atoms with Crippen LogP contribution in [-0.2, 0) is 10.2 Å². The van der Waals surface area contributed by atoms with Crippen molar-refractivity contribution in [1.29, 1.82) is 5.26 Å². The minimum absolute atomic E-state index is 0.0662. The van der Waals surface area contributed by atoms with Crippen molar-refractivity contribution in [2.24, 2.45) is 0 Å². The van der Waals surface area contributed by atoms with E-state index in [4.69, 9.17) is 16.3 Å². The molecule has 0 saturated heterocycles. The zero-order valence-corrected chi connectivity index (χ0v) is 16.9. The average molecular weight is 397 g/mol. The highest BCUT2D eigenvalue weighted by Crippen LogP contribution is 2.42. The largest absolute Gasteiger partial charge is 0.494 e. The minimum Gasteiger partial charge on any atom is -0.494 e. The maximum atomic E-state index is 13.3. The number of hydrogen-bond donors (Lipinski definition) is 1. The number of unbranched alkanes of at least 4 members (excludes halogenated alkanes) is 1. The highest BCUT2D eigenvalue weighted by Gasteiger charge is 2.42. The standard InChI is InChI=1S/C23H25ClN2O2/c1-2-3-14-28-20-10-11-21(17(15-20)16-25)26-22(27)23(12-4-5-13-23)18-6-8-19(24)9-7-18/h6-11,15H,2-5,12-14H2,1H3,(H,26,27). The molecule has 0 unspecified atom stereocenters. The first-order valence-corrected chi connectivity index (χ1v) is 10.2. The van der Waals surface area contributed by atoms with Crippen LogP contribution in [0.3, 0.4) is 0 Å². The van der Waals surface area contributed by atoms with Gasteiger partial charge in [0.05, 0.1) is 23.3 Å². The number of nitrogens with zero attached hydrogens (tertiary/aromatic N) is 1. The van der Waals surface area contributed by atoms with Gasteiger partial charge in [0.25, 0.3) is 0 Å². The molecule has 0 atom stereocenters. The summed E-state index contributed by atoms with van der Waals surface area (Å²) in [5.41, 5.74) is 1.33. The average Bonchev–Trinajstić information content (AvgIpc) is 3.21. The zero-order chi connectivity index (χ0) is 20.0.